The first kappa shape index (κ1) is 22.2. The van der Waals surface area contributed by atoms with Crippen LogP contribution in [0.1, 0.15) is 31.1 Å². The molecule has 0 amide bonds. The second kappa shape index (κ2) is 11.7. The molecule has 1 aromatic heterocycles. The van der Waals surface area contributed by atoms with Crippen molar-refractivity contribution in [2.45, 2.75) is 34.2 Å². The highest BCUT2D eigenvalue weighted by Crippen LogP contribution is 2.14. The maximum Gasteiger partial charge on any atom is 0.223 e. The van der Waals surface area contributed by atoms with Crippen molar-refractivity contribution in [2.75, 3.05) is 31.1 Å². The molecule has 0 fully saturated rings. The number of aliphatic imine (C=N–C) groups is 1. The van der Waals surface area contributed by atoms with E-state index in [4.69, 9.17) is 4.52 Å². The van der Waals surface area contributed by atoms with Crippen LogP contribution in [0.4, 0.5) is 5.69 Å². The smallest absolute Gasteiger partial charge is 0.223 e. The fourth-order valence-corrected chi connectivity index (χ4v) is 2.50. The van der Waals surface area contributed by atoms with Gasteiger partial charge in [-0.1, -0.05) is 17.3 Å². The minimum absolute atomic E-state index is 0. The zero-order valence-corrected chi connectivity index (χ0v) is 18.3. The largest absolute Gasteiger partial charge is 0.370 e. The summed E-state index contributed by atoms with van der Waals surface area (Å²) in [4.78, 5) is 11.0. The van der Waals surface area contributed by atoms with Gasteiger partial charge in [-0.2, -0.15) is 4.98 Å². The Morgan fingerprint density at radius 3 is 2.65 bits per heavy atom. The van der Waals surface area contributed by atoms with Gasteiger partial charge in [0, 0.05) is 38.8 Å². The van der Waals surface area contributed by atoms with Crippen LogP contribution in [0.5, 0.6) is 0 Å². The molecule has 2 rings (SSSR count). The molecule has 0 atom stereocenters. The van der Waals surface area contributed by atoms with E-state index in [1.54, 1.807) is 6.92 Å². The van der Waals surface area contributed by atoms with Crippen molar-refractivity contribution in [3.63, 3.8) is 0 Å². The van der Waals surface area contributed by atoms with Crippen LogP contribution >= 0.6 is 24.0 Å². The van der Waals surface area contributed by atoms with Crippen molar-refractivity contribution in [3.05, 3.63) is 41.5 Å². The molecular weight excluding hydrogens is 443 g/mol. The van der Waals surface area contributed by atoms with Crippen LogP contribution in [0.15, 0.2) is 33.8 Å². The van der Waals surface area contributed by atoms with Gasteiger partial charge < -0.3 is 20.1 Å². The normalized spacial score (nSPS) is 11.0. The van der Waals surface area contributed by atoms with E-state index >= 15 is 0 Å². The Hall–Kier alpha value is -1.84. The molecule has 0 bridgehead atoms. The summed E-state index contributed by atoms with van der Waals surface area (Å²) in [5.74, 6) is 1.90. The lowest BCUT2D eigenvalue weighted by Crippen LogP contribution is -2.41. The highest BCUT2D eigenvalue weighted by Gasteiger charge is 2.06. The van der Waals surface area contributed by atoms with Crippen LogP contribution in [0, 0.1) is 13.8 Å². The summed E-state index contributed by atoms with van der Waals surface area (Å²) in [6.45, 7) is 11.9. The molecule has 2 aromatic rings. The number of guanidine groups is 1. The molecular formula is C18H29IN6O. The summed E-state index contributed by atoms with van der Waals surface area (Å²) in [5, 5.41) is 10.5. The van der Waals surface area contributed by atoms with Crippen LogP contribution in [-0.2, 0) is 6.54 Å². The molecule has 1 heterocycles. The van der Waals surface area contributed by atoms with Crippen molar-refractivity contribution < 1.29 is 4.52 Å². The molecule has 2 N–H and O–H groups in total. The number of halogens is 1. The number of benzene rings is 1. The Balaban J connectivity index is 0.00000338. The zero-order chi connectivity index (χ0) is 18.1. The molecule has 26 heavy (non-hydrogen) atoms. The number of nitrogens with one attached hydrogen (secondary N) is 2. The first-order valence-electron chi connectivity index (χ1n) is 8.75. The van der Waals surface area contributed by atoms with E-state index in [1.165, 1.54) is 11.3 Å². The van der Waals surface area contributed by atoms with E-state index in [0.717, 1.165) is 32.1 Å². The third-order valence-corrected chi connectivity index (χ3v) is 3.72. The van der Waals surface area contributed by atoms with Gasteiger partial charge in [0.05, 0.1) is 0 Å². The van der Waals surface area contributed by atoms with E-state index in [1.807, 2.05) is 6.92 Å². The monoisotopic (exact) mass is 472 g/mol. The minimum Gasteiger partial charge on any atom is -0.370 e. The maximum absolute atomic E-state index is 4.96. The quantitative estimate of drug-likeness (QED) is 0.350. The number of hydrogen-bond donors (Lipinski definition) is 2. The molecule has 8 heteroatoms. The van der Waals surface area contributed by atoms with Crippen LogP contribution in [0.2, 0.25) is 0 Å². The van der Waals surface area contributed by atoms with Gasteiger partial charge in [-0.25, -0.2) is 4.99 Å². The van der Waals surface area contributed by atoms with E-state index in [-0.39, 0.29) is 24.0 Å². The first-order chi connectivity index (χ1) is 12.1. The van der Waals surface area contributed by atoms with E-state index in [9.17, 15) is 0 Å². The molecule has 144 valence electrons. The van der Waals surface area contributed by atoms with Gasteiger partial charge in [0.2, 0.25) is 5.89 Å². The predicted octanol–water partition coefficient (Wildman–Crippen LogP) is 2.89. The molecule has 0 radical (unpaired) electrons. The van der Waals surface area contributed by atoms with Crippen LogP contribution in [0.25, 0.3) is 0 Å². The molecule has 0 unspecified atom stereocenters. The second-order valence-corrected chi connectivity index (χ2v) is 5.77. The zero-order valence-electron chi connectivity index (χ0n) is 16.0. The van der Waals surface area contributed by atoms with Crippen molar-refractivity contribution >= 4 is 35.6 Å². The SMILES string of the molecule is CCNC(=NCc1noc(C)n1)NCCN(CC)c1cccc(C)c1.I. The highest BCUT2D eigenvalue weighted by molar-refractivity contribution is 14.0. The average molecular weight is 472 g/mol. The lowest BCUT2D eigenvalue weighted by molar-refractivity contribution is 0.387. The van der Waals surface area contributed by atoms with E-state index in [0.29, 0.717) is 18.3 Å². The number of anilines is 1. The summed E-state index contributed by atoms with van der Waals surface area (Å²) < 4.78 is 4.96. The third kappa shape index (κ3) is 7.19. The number of aryl methyl sites for hydroxylation is 2. The predicted molar refractivity (Wildman–Crippen MR) is 116 cm³/mol. The summed E-state index contributed by atoms with van der Waals surface area (Å²) >= 11 is 0. The fourth-order valence-electron chi connectivity index (χ4n) is 2.50. The van der Waals surface area contributed by atoms with Crippen molar-refractivity contribution in [1.29, 1.82) is 0 Å². The highest BCUT2D eigenvalue weighted by atomic mass is 127. The number of hydrogen-bond acceptors (Lipinski definition) is 5. The van der Waals surface area contributed by atoms with Crippen LogP contribution in [0.3, 0.4) is 0 Å². The summed E-state index contributed by atoms with van der Waals surface area (Å²) in [6, 6.07) is 8.57. The van der Waals surface area contributed by atoms with Gasteiger partial charge in [-0.05, 0) is 38.5 Å². The standard InChI is InChI=1S/C18H28N6O.HI/c1-5-19-18(21-13-17-22-15(4)25-23-17)20-10-11-24(6-2)16-9-7-8-14(3)12-16;/h7-9,12H,5-6,10-11,13H2,1-4H3,(H2,19,20,21);1H. The van der Waals surface area contributed by atoms with Gasteiger partial charge in [0.15, 0.2) is 11.8 Å². The third-order valence-electron chi connectivity index (χ3n) is 3.72. The number of likely N-dealkylation sites (N-methyl/N-ethyl adjacent to an activating group) is 1. The first-order valence-corrected chi connectivity index (χ1v) is 8.75. The topological polar surface area (TPSA) is 78.6 Å². The Kier molecular flexibility index (Phi) is 10.0. The lowest BCUT2D eigenvalue weighted by Gasteiger charge is -2.24. The minimum atomic E-state index is 0. The van der Waals surface area contributed by atoms with Crippen molar-refractivity contribution in [2.24, 2.45) is 4.99 Å². The summed E-state index contributed by atoms with van der Waals surface area (Å²) in [6.07, 6.45) is 0. The van der Waals surface area contributed by atoms with Gasteiger partial charge in [-0.15, -0.1) is 24.0 Å². The molecule has 0 aliphatic heterocycles. The van der Waals surface area contributed by atoms with Gasteiger partial charge in [0.25, 0.3) is 0 Å². The van der Waals surface area contributed by atoms with Crippen molar-refractivity contribution in [1.82, 2.24) is 20.8 Å². The molecule has 0 spiro atoms. The number of rotatable bonds is 8. The molecule has 1 aromatic carbocycles. The van der Waals surface area contributed by atoms with E-state index in [2.05, 4.69) is 68.8 Å². The summed E-state index contributed by atoms with van der Waals surface area (Å²) in [7, 11) is 0. The molecule has 0 saturated heterocycles. The second-order valence-electron chi connectivity index (χ2n) is 5.77. The molecule has 0 aliphatic rings. The lowest BCUT2D eigenvalue weighted by atomic mass is 10.2. The maximum atomic E-state index is 4.96. The number of nitrogens with zero attached hydrogens (tertiary/aromatic N) is 4. The summed E-state index contributed by atoms with van der Waals surface area (Å²) in [5.41, 5.74) is 2.52. The molecule has 0 aliphatic carbocycles. The Morgan fingerprint density at radius 1 is 1.23 bits per heavy atom. The fraction of sp³-hybridized carbons (Fsp3) is 0.500. The van der Waals surface area contributed by atoms with E-state index < -0.39 is 0 Å². The van der Waals surface area contributed by atoms with Gasteiger partial charge >= 0.3 is 0 Å². The Labute approximate surface area is 172 Å². The van der Waals surface area contributed by atoms with Gasteiger partial charge in [0.1, 0.15) is 6.54 Å². The molecule has 0 saturated carbocycles. The van der Waals surface area contributed by atoms with Crippen LogP contribution < -0.4 is 15.5 Å². The Bertz CT molecular complexity index is 688. The average Bonchev–Trinajstić information content (AvgIpc) is 3.02. The number of aromatic nitrogens is 2. The Morgan fingerprint density at radius 2 is 2.04 bits per heavy atom. The van der Waals surface area contributed by atoms with Gasteiger partial charge in [-0.3, -0.25) is 0 Å². The van der Waals surface area contributed by atoms with Crippen LogP contribution in [-0.4, -0.2) is 42.3 Å². The molecule has 7 nitrogen and oxygen atoms in total. The van der Waals surface area contributed by atoms with Crippen molar-refractivity contribution in [3.8, 4) is 0 Å².